The number of fused-ring (bicyclic) bond motifs is 2. The van der Waals surface area contributed by atoms with Crippen LogP contribution in [0.1, 0.15) is 11.3 Å². The molecule has 166 valence electrons. The molecule has 9 nitrogen and oxygen atoms in total. The number of nitrogens with one attached hydrogen (secondary N) is 3. The molecular formula is C25H21N9. The monoisotopic (exact) mass is 447 g/mol. The molecule has 0 amide bonds. The van der Waals surface area contributed by atoms with Gasteiger partial charge >= 0.3 is 0 Å². The molecule has 9 heteroatoms. The van der Waals surface area contributed by atoms with Crippen molar-refractivity contribution >= 4 is 28.1 Å². The van der Waals surface area contributed by atoms with Gasteiger partial charge in [0, 0.05) is 55.6 Å². The van der Waals surface area contributed by atoms with Gasteiger partial charge in [0.25, 0.3) is 0 Å². The highest BCUT2D eigenvalue weighted by Gasteiger charge is 2.21. The van der Waals surface area contributed by atoms with E-state index in [2.05, 4.69) is 36.5 Å². The molecule has 5 aromatic rings. The number of pyridine rings is 3. The third-order valence-electron chi connectivity index (χ3n) is 5.69. The lowest BCUT2D eigenvalue weighted by atomic mass is 10.0. The summed E-state index contributed by atoms with van der Waals surface area (Å²) >= 11 is 0. The molecule has 0 saturated heterocycles. The van der Waals surface area contributed by atoms with Crippen LogP contribution in [-0.2, 0) is 0 Å². The average Bonchev–Trinajstić information content (AvgIpc) is 3.43. The quantitative estimate of drug-likeness (QED) is 0.378. The van der Waals surface area contributed by atoms with Crippen molar-refractivity contribution in [2.45, 2.75) is 0 Å². The molecule has 0 aromatic carbocycles. The Balaban J connectivity index is 1.45. The third-order valence-corrected chi connectivity index (χ3v) is 5.69. The maximum Gasteiger partial charge on any atom is 0.163 e. The molecule has 1 aliphatic heterocycles. The largest absolute Gasteiger partial charge is 0.376 e. The number of H-pyrrole nitrogens is 2. The summed E-state index contributed by atoms with van der Waals surface area (Å²) in [6.07, 6.45) is 13.1. The van der Waals surface area contributed by atoms with Gasteiger partial charge in [0.15, 0.2) is 17.3 Å². The van der Waals surface area contributed by atoms with Crippen LogP contribution in [0.2, 0.25) is 0 Å². The average molecular weight is 448 g/mol. The predicted octanol–water partition coefficient (Wildman–Crippen LogP) is 4.24. The van der Waals surface area contributed by atoms with Gasteiger partial charge in [0.1, 0.15) is 5.52 Å². The van der Waals surface area contributed by atoms with E-state index in [0.29, 0.717) is 17.3 Å². The fourth-order valence-electron chi connectivity index (χ4n) is 3.94. The topological polar surface area (TPSA) is 111 Å². The van der Waals surface area contributed by atoms with Crippen LogP contribution in [0.25, 0.3) is 39.4 Å². The third kappa shape index (κ3) is 3.39. The van der Waals surface area contributed by atoms with Crippen LogP contribution in [0.3, 0.4) is 0 Å². The first-order chi connectivity index (χ1) is 16.7. The number of nitrogens with zero attached hydrogens (tertiary/aromatic N) is 6. The highest BCUT2D eigenvalue weighted by molar-refractivity contribution is 5.92. The van der Waals surface area contributed by atoms with Crippen molar-refractivity contribution in [3.05, 3.63) is 84.7 Å². The van der Waals surface area contributed by atoms with E-state index in [0.717, 1.165) is 44.8 Å². The minimum atomic E-state index is 0.624. The Bertz CT molecular complexity index is 1560. The standard InChI is InChI=1S/C25H21N9/c1-34(2)17-11-16(13-27-14-17)19-7-8-20-22(29-19)23(33-32-20)25-30-21-18(15-5-3-9-26-12-15)6-4-10-28-24(21)31-25/h3-14,28H,1-2H3,(H,30,31)(H,32,33). The zero-order valence-corrected chi connectivity index (χ0v) is 18.6. The number of hydrogen-bond acceptors (Lipinski definition) is 7. The first kappa shape index (κ1) is 19.9. The van der Waals surface area contributed by atoms with E-state index in [4.69, 9.17) is 9.97 Å². The molecule has 0 fully saturated rings. The Morgan fingerprint density at radius 3 is 2.71 bits per heavy atom. The molecule has 0 saturated carbocycles. The molecule has 0 unspecified atom stereocenters. The summed E-state index contributed by atoms with van der Waals surface area (Å²) in [6, 6.07) is 9.95. The summed E-state index contributed by atoms with van der Waals surface area (Å²) in [5.74, 6) is 1.34. The number of anilines is 2. The van der Waals surface area contributed by atoms with Crippen molar-refractivity contribution in [2.24, 2.45) is 0 Å². The van der Waals surface area contributed by atoms with Gasteiger partial charge in [-0.05, 0) is 30.3 Å². The lowest BCUT2D eigenvalue weighted by Gasteiger charge is -2.12. The summed E-state index contributed by atoms with van der Waals surface area (Å²) in [5, 5.41) is 10.8. The first-order valence-electron chi connectivity index (χ1n) is 10.8. The van der Waals surface area contributed by atoms with Gasteiger partial charge in [-0.15, -0.1) is 0 Å². The number of aromatic nitrogens is 7. The van der Waals surface area contributed by atoms with Gasteiger partial charge < -0.3 is 15.2 Å². The van der Waals surface area contributed by atoms with Gasteiger partial charge in [-0.25, -0.2) is 9.97 Å². The number of allylic oxidation sites excluding steroid dienone is 2. The molecule has 6 rings (SSSR count). The van der Waals surface area contributed by atoms with Crippen molar-refractivity contribution < 1.29 is 0 Å². The summed E-state index contributed by atoms with van der Waals surface area (Å²) in [4.78, 5) is 23.8. The Hall–Kier alpha value is -4.79. The SMILES string of the molecule is CN(C)c1cncc(-c2ccc3[nH]nc(-c4nc5c([nH]4)C(c4cccnc4)=CC=CN5)c3n2)c1. The number of aromatic amines is 2. The van der Waals surface area contributed by atoms with Crippen LogP contribution in [0, 0.1) is 0 Å². The first-order valence-corrected chi connectivity index (χ1v) is 10.8. The van der Waals surface area contributed by atoms with Crippen LogP contribution in [-0.4, -0.2) is 49.2 Å². The summed E-state index contributed by atoms with van der Waals surface area (Å²) in [6.45, 7) is 0. The highest BCUT2D eigenvalue weighted by atomic mass is 15.2. The molecule has 0 aliphatic carbocycles. The van der Waals surface area contributed by atoms with Crippen molar-refractivity contribution in [1.82, 2.24) is 35.1 Å². The second-order valence-corrected chi connectivity index (χ2v) is 8.13. The second-order valence-electron chi connectivity index (χ2n) is 8.13. The van der Waals surface area contributed by atoms with E-state index in [1.807, 2.05) is 80.2 Å². The Kier molecular flexibility index (Phi) is 4.65. The van der Waals surface area contributed by atoms with Gasteiger partial charge in [-0.1, -0.05) is 12.1 Å². The molecule has 0 atom stereocenters. The summed E-state index contributed by atoms with van der Waals surface area (Å²) in [7, 11) is 3.98. The van der Waals surface area contributed by atoms with E-state index in [1.165, 1.54) is 0 Å². The van der Waals surface area contributed by atoms with Crippen molar-refractivity contribution in [1.29, 1.82) is 0 Å². The minimum Gasteiger partial charge on any atom is -0.376 e. The van der Waals surface area contributed by atoms with E-state index in [1.54, 1.807) is 6.20 Å². The predicted molar refractivity (Wildman–Crippen MR) is 133 cm³/mol. The zero-order valence-electron chi connectivity index (χ0n) is 18.6. The fourth-order valence-corrected chi connectivity index (χ4v) is 3.94. The van der Waals surface area contributed by atoms with Crippen LogP contribution in [0.5, 0.6) is 0 Å². The molecule has 0 spiro atoms. The molecular weight excluding hydrogens is 426 g/mol. The Morgan fingerprint density at radius 2 is 1.85 bits per heavy atom. The smallest absolute Gasteiger partial charge is 0.163 e. The minimum absolute atomic E-state index is 0.624. The number of rotatable bonds is 4. The molecule has 5 aromatic heterocycles. The van der Waals surface area contributed by atoms with Crippen LogP contribution >= 0.6 is 0 Å². The van der Waals surface area contributed by atoms with E-state index < -0.39 is 0 Å². The van der Waals surface area contributed by atoms with E-state index in [9.17, 15) is 0 Å². The summed E-state index contributed by atoms with van der Waals surface area (Å²) in [5.41, 5.74) is 7.82. The molecule has 0 radical (unpaired) electrons. The molecule has 1 aliphatic rings. The van der Waals surface area contributed by atoms with Gasteiger partial charge in [-0.3, -0.25) is 15.1 Å². The molecule has 34 heavy (non-hydrogen) atoms. The fraction of sp³-hybridized carbons (Fsp3) is 0.0800. The van der Waals surface area contributed by atoms with Crippen LogP contribution < -0.4 is 10.2 Å². The van der Waals surface area contributed by atoms with E-state index >= 15 is 0 Å². The van der Waals surface area contributed by atoms with Crippen LogP contribution in [0.4, 0.5) is 11.5 Å². The van der Waals surface area contributed by atoms with Gasteiger partial charge in [0.05, 0.1) is 28.8 Å². The molecule has 3 N–H and O–H groups in total. The second kappa shape index (κ2) is 7.96. The maximum atomic E-state index is 4.91. The van der Waals surface area contributed by atoms with Crippen molar-refractivity contribution in [3.8, 4) is 22.8 Å². The molecule has 0 bridgehead atoms. The zero-order chi connectivity index (χ0) is 23.1. The lowest BCUT2D eigenvalue weighted by Crippen LogP contribution is -2.08. The van der Waals surface area contributed by atoms with Crippen LogP contribution in [0.15, 0.2) is 73.5 Å². The lowest BCUT2D eigenvalue weighted by molar-refractivity contribution is 1.10. The van der Waals surface area contributed by atoms with Gasteiger partial charge in [-0.2, -0.15) is 5.10 Å². The van der Waals surface area contributed by atoms with Crippen molar-refractivity contribution in [2.75, 3.05) is 24.3 Å². The van der Waals surface area contributed by atoms with E-state index in [-0.39, 0.29) is 0 Å². The Morgan fingerprint density at radius 1 is 0.941 bits per heavy atom. The highest BCUT2D eigenvalue weighted by Crippen LogP contribution is 2.33. The molecule has 6 heterocycles. The maximum absolute atomic E-state index is 4.91. The van der Waals surface area contributed by atoms with Crippen molar-refractivity contribution in [3.63, 3.8) is 0 Å². The number of hydrogen-bond donors (Lipinski definition) is 3. The Labute approximate surface area is 195 Å². The van der Waals surface area contributed by atoms with Gasteiger partial charge in [0.2, 0.25) is 0 Å². The normalized spacial score (nSPS) is 12.7. The summed E-state index contributed by atoms with van der Waals surface area (Å²) < 4.78 is 0. The number of imidazole rings is 1.